The van der Waals surface area contributed by atoms with Crippen molar-refractivity contribution < 1.29 is 18.0 Å². The molecule has 0 saturated carbocycles. The molecule has 0 bridgehead atoms. The molecule has 0 fully saturated rings. The van der Waals surface area contributed by atoms with Gasteiger partial charge in [-0.1, -0.05) is 54.4 Å². The first-order chi connectivity index (χ1) is 15.0. The molecule has 0 aliphatic carbocycles. The summed E-state index contributed by atoms with van der Waals surface area (Å²) in [7, 11) is -2.28. The third-order valence-electron chi connectivity index (χ3n) is 5.22. The number of hydrogen-bond acceptors (Lipinski definition) is 4. The van der Waals surface area contributed by atoms with Crippen LogP contribution in [0.3, 0.4) is 0 Å². The molecule has 2 aromatic rings. The molecule has 0 heterocycles. The van der Waals surface area contributed by atoms with Crippen molar-refractivity contribution in [2.45, 2.75) is 39.8 Å². The number of nitrogens with zero attached hydrogens (tertiary/aromatic N) is 2. The molecule has 0 spiro atoms. The van der Waals surface area contributed by atoms with E-state index in [1.165, 1.54) is 18.0 Å². The van der Waals surface area contributed by atoms with Crippen LogP contribution in [-0.2, 0) is 26.2 Å². The summed E-state index contributed by atoms with van der Waals surface area (Å²) in [4.78, 5) is 27.4. The number of halogens is 1. The molecule has 0 saturated heterocycles. The fourth-order valence-electron chi connectivity index (χ4n) is 3.42. The van der Waals surface area contributed by atoms with E-state index in [1.54, 1.807) is 19.1 Å². The Bertz CT molecular complexity index is 1070. The molecular formula is C23H30ClN3O4S. The number of sulfonamides is 1. The van der Waals surface area contributed by atoms with Crippen molar-refractivity contribution in [2.24, 2.45) is 0 Å². The smallest absolute Gasteiger partial charge is 0.244 e. The number of carbonyl (C=O) groups is 2. The van der Waals surface area contributed by atoms with Gasteiger partial charge in [0.05, 0.1) is 11.9 Å². The predicted molar refractivity (Wildman–Crippen MR) is 128 cm³/mol. The van der Waals surface area contributed by atoms with E-state index in [0.29, 0.717) is 22.7 Å². The van der Waals surface area contributed by atoms with Crippen LogP contribution in [0.2, 0.25) is 5.02 Å². The average Bonchev–Trinajstić information content (AvgIpc) is 2.73. The van der Waals surface area contributed by atoms with Gasteiger partial charge in [-0.3, -0.25) is 13.9 Å². The number of likely N-dealkylation sites (N-methyl/N-ethyl adjacent to an activating group) is 1. The van der Waals surface area contributed by atoms with E-state index in [9.17, 15) is 18.0 Å². The number of carbonyl (C=O) groups excluding carboxylic acids is 2. The van der Waals surface area contributed by atoms with Crippen molar-refractivity contribution in [3.05, 3.63) is 64.2 Å². The van der Waals surface area contributed by atoms with Gasteiger partial charge in [0.1, 0.15) is 12.6 Å². The van der Waals surface area contributed by atoms with Gasteiger partial charge in [0, 0.05) is 18.6 Å². The Morgan fingerprint density at radius 1 is 1.09 bits per heavy atom. The molecule has 7 nitrogen and oxygen atoms in total. The van der Waals surface area contributed by atoms with Crippen LogP contribution < -0.4 is 9.62 Å². The molecule has 2 aromatic carbocycles. The van der Waals surface area contributed by atoms with Gasteiger partial charge >= 0.3 is 0 Å². The van der Waals surface area contributed by atoms with Crippen LogP contribution in [-0.4, -0.2) is 51.0 Å². The van der Waals surface area contributed by atoms with Crippen LogP contribution in [0.1, 0.15) is 30.0 Å². The summed E-state index contributed by atoms with van der Waals surface area (Å²) in [5.41, 5.74) is 2.91. The van der Waals surface area contributed by atoms with Gasteiger partial charge in [0.15, 0.2) is 0 Å². The van der Waals surface area contributed by atoms with Crippen LogP contribution in [0.15, 0.2) is 42.5 Å². The maximum atomic E-state index is 13.5. The van der Waals surface area contributed by atoms with Gasteiger partial charge in [-0.25, -0.2) is 8.42 Å². The molecule has 0 unspecified atom stereocenters. The summed E-state index contributed by atoms with van der Waals surface area (Å²) in [5, 5.41) is 2.96. The van der Waals surface area contributed by atoms with Crippen molar-refractivity contribution in [1.29, 1.82) is 0 Å². The maximum Gasteiger partial charge on any atom is 0.244 e. The van der Waals surface area contributed by atoms with E-state index in [4.69, 9.17) is 11.6 Å². The van der Waals surface area contributed by atoms with E-state index >= 15 is 0 Å². The molecule has 1 atom stereocenters. The third kappa shape index (κ3) is 6.46. The number of anilines is 1. The molecule has 2 amide bonds. The minimum atomic E-state index is -3.80. The molecule has 0 aliphatic rings. The van der Waals surface area contributed by atoms with E-state index in [1.807, 2.05) is 38.1 Å². The van der Waals surface area contributed by atoms with Crippen LogP contribution in [0.5, 0.6) is 0 Å². The Morgan fingerprint density at radius 2 is 1.72 bits per heavy atom. The summed E-state index contributed by atoms with van der Waals surface area (Å²) < 4.78 is 26.3. The first kappa shape index (κ1) is 25.7. The van der Waals surface area contributed by atoms with Crippen LogP contribution in [0.4, 0.5) is 5.69 Å². The van der Waals surface area contributed by atoms with Crippen molar-refractivity contribution >= 4 is 39.1 Å². The fraction of sp³-hybridized carbons (Fsp3) is 0.391. The molecule has 2 rings (SSSR count). The summed E-state index contributed by atoms with van der Waals surface area (Å²) in [6.45, 7) is 5.25. The second-order valence-corrected chi connectivity index (χ2v) is 10.1. The summed E-state index contributed by atoms with van der Waals surface area (Å²) in [5.74, 6) is -0.788. The second kappa shape index (κ2) is 10.8. The second-order valence-electron chi connectivity index (χ2n) is 7.75. The number of benzene rings is 2. The lowest BCUT2D eigenvalue weighted by atomic mass is 10.1. The van der Waals surface area contributed by atoms with Gasteiger partial charge in [-0.05, 0) is 43.5 Å². The lowest BCUT2D eigenvalue weighted by molar-refractivity contribution is -0.140. The third-order valence-corrected chi connectivity index (χ3v) is 6.59. The molecule has 1 N–H and O–H groups in total. The number of rotatable bonds is 9. The quantitative estimate of drug-likeness (QED) is 0.598. The zero-order valence-electron chi connectivity index (χ0n) is 19.1. The monoisotopic (exact) mass is 479 g/mol. The Morgan fingerprint density at radius 3 is 2.25 bits per heavy atom. The van der Waals surface area contributed by atoms with E-state index in [-0.39, 0.29) is 12.5 Å². The molecule has 0 radical (unpaired) electrons. The van der Waals surface area contributed by atoms with Gasteiger partial charge in [0.2, 0.25) is 21.8 Å². The van der Waals surface area contributed by atoms with Crippen molar-refractivity contribution in [2.75, 3.05) is 24.2 Å². The van der Waals surface area contributed by atoms with Crippen molar-refractivity contribution in [3.8, 4) is 0 Å². The lowest BCUT2D eigenvalue weighted by Crippen LogP contribution is -2.51. The Hall–Kier alpha value is -2.58. The largest absolute Gasteiger partial charge is 0.357 e. The number of nitrogens with one attached hydrogen (secondary N) is 1. The zero-order valence-corrected chi connectivity index (χ0v) is 20.6. The highest BCUT2D eigenvalue weighted by Crippen LogP contribution is 2.27. The minimum absolute atomic E-state index is 0.178. The van der Waals surface area contributed by atoms with Gasteiger partial charge in [0.25, 0.3) is 0 Å². The van der Waals surface area contributed by atoms with Crippen molar-refractivity contribution in [3.63, 3.8) is 0 Å². The van der Waals surface area contributed by atoms with E-state index in [2.05, 4.69) is 5.32 Å². The first-order valence-electron chi connectivity index (χ1n) is 10.3. The molecule has 0 aliphatic heterocycles. The molecule has 0 aromatic heterocycles. The number of amides is 2. The van der Waals surface area contributed by atoms with Crippen LogP contribution in [0.25, 0.3) is 0 Å². The number of aryl methyl sites for hydroxylation is 2. The normalized spacial score (nSPS) is 12.2. The average molecular weight is 480 g/mol. The Balaban J connectivity index is 2.46. The molecule has 174 valence electrons. The topological polar surface area (TPSA) is 86.8 Å². The molecule has 32 heavy (non-hydrogen) atoms. The zero-order chi connectivity index (χ0) is 24.1. The first-order valence-corrected chi connectivity index (χ1v) is 12.5. The lowest BCUT2D eigenvalue weighted by Gasteiger charge is -2.33. The predicted octanol–water partition coefficient (Wildman–Crippen LogP) is 3.28. The highest BCUT2D eigenvalue weighted by molar-refractivity contribution is 7.92. The summed E-state index contributed by atoms with van der Waals surface area (Å²) >= 11 is 6.09. The molecule has 9 heteroatoms. The van der Waals surface area contributed by atoms with Gasteiger partial charge in [-0.15, -0.1) is 0 Å². The van der Waals surface area contributed by atoms with Gasteiger partial charge in [-0.2, -0.15) is 0 Å². The Labute approximate surface area is 195 Å². The number of hydrogen-bond donors (Lipinski definition) is 1. The van der Waals surface area contributed by atoms with E-state index < -0.39 is 28.5 Å². The fourth-order valence-corrected chi connectivity index (χ4v) is 4.49. The highest BCUT2D eigenvalue weighted by Gasteiger charge is 2.31. The standard InChI is InChI=1S/C23H30ClN3O4S/c1-6-20(23(29)25-4)26(14-18-10-7-16(2)8-11-18)22(28)15-27(32(5,30)31)21-13-19(24)12-9-17(21)3/h7-13,20H,6,14-15H2,1-5H3,(H,25,29)/t20-/m1/s1. The maximum absolute atomic E-state index is 13.5. The van der Waals surface area contributed by atoms with Gasteiger partial charge < -0.3 is 10.2 Å². The highest BCUT2D eigenvalue weighted by atomic mass is 35.5. The summed E-state index contributed by atoms with van der Waals surface area (Å²) in [6.07, 6.45) is 1.42. The Kier molecular flexibility index (Phi) is 8.69. The minimum Gasteiger partial charge on any atom is -0.357 e. The van der Waals surface area contributed by atoms with Crippen molar-refractivity contribution in [1.82, 2.24) is 10.2 Å². The SMILES string of the molecule is CC[C@H](C(=O)NC)N(Cc1ccc(C)cc1)C(=O)CN(c1cc(Cl)ccc1C)S(C)(=O)=O. The van der Waals surface area contributed by atoms with Crippen LogP contribution >= 0.6 is 11.6 Å². The summed E-state index contributed by atoms with van der Waals surface area (Å²) in [6, 6.07) is 11.8. The van der Waals surface area contributed by atoms with Crippen LogP contribution in [0, 0.1) is 13.8 Å². The van der Waals surface area contributed by atoms with E-state index in [0.717, 1.165) is 21.7 Å². The molecular weight excluding hydrogens is 450 g/mol.